The van der Waals surface area contributed by atoms with Crippen LogP contribution in [0.15, 0.2) is 48.8 Å². The van der Waals surface area contributed by atoms with Crippen LogP contribution in [0.2, 0.25) is 0 Å². The van der Waals surface area contributed by atoms with Crippen LogP contribution < -0.4 is 10.2 Å². The lowest BCUT2D eigenvalue weighted by molar-refractivity contribution is 0.0919. The van der Waals surface area contributed by atoms with Gasteiger partial charge in [0.1, 0.15) is 0 Å². The molecule has 2 aromatic rings. The third-order valence-electron chi connectivity index (χ3n) is 3.44. The Hall–Kier alpha value is -2.36. The van der Waals surface area contributed by atoms with Gasteiger partial charge in [0.15, 0.2) is 0 Å². The van der Waals surface area contributed by atoms with Crippen molar-refractivity contribution < 1.29 is 4.79 Å². The molecule has 1 N–H and O–H groups in total. The van der Waals surface area contributed by atoms with E-state index in [2.05, 4.69) is 34.3 Å². The van der Waals surface area contributed by atoms with E-state index in [0.29, 0.717) is 5.56 Å². The van der Waals surface area contributed by atoms with E-state index < -0.39 is 0 Å². The van der Waals surface area contributed by atoms with E-state index in [-0.39, 0.29) is 11.4 Å². The number of amides is 1. The summed E-state index contributed by atoms with van der Waals surface area (Å²) in [5.41, 5.74) is 2.52. The third kappa shape index (κ3) is 5.09. The molecule has 4 heteroatoms. The van der Waals surface area contributed by atoms with E-state index in [0.717, 1.165) is 18.8 Å². The first-order valence-corrected chi connectivity index (χ1v) is 7.95. The smallest absolute Gasteiger partial charge is 0.253 e. The molecule has 0 fully saturated rings. The maximum atomic E-state index is 12.3. The van der Waals surface area contributed by atoms with Gasteiger partial charge in [-0.2, -0.15) is 0 Å². The molecule has 1 aromatic carbocycles. The number of anilines is 1. The molecule has 1 amide bonds. The summed E-state index contributed by atoms with van der Waals surface area (Å²) in [4.78, 5) is 18.8. The Morgan fingerprint density at radius 2 is 1.87 bits per heavy atom. The fraction of sp³-hybridized carbons (Fsp3) is 0.368. The van der Waals surface area contributed by atoms with Gasteiger partial charge >= 0.3 is 0 Å². The van der Waals surface area contributed by atoms with Gasteiger partial charge in [0.25, 0.3) is 5.91 Å². The number of hydrogen-bond acceptors (Lipinski definition) is 3. The first kappa shape index (κ1) is 17.0. The Morgan fingerprint density at radius 3 is 2.48 bits per heavy atom. The molecule has 0 radical (unpaired) electrons. The van der Waals surface area contributed by atoms with Gasteiger partial charge in [-0.05, 0) is 39.3 Å². The van der Waals surface area contributed by atoms with Crippen molar-refractivity contribution in [3.8, 4) is 0 Å². The van der Waals surface area contributed by atoms with Gasteiger partial charge in [0, 0.05) is 24.8 Å². The highest BCUT2D eigenvalue weighted by molar-refractivity contribution is 5.95. The first-order valence-electron chi connectivity index (χ1n) is 7.95. The molecule has 0 saturated carbocycles. The molecular weight excluding hydrogens is 286 g/mol. The van der Waals surface area contributed by atoms with Crippen LogP contribution in [0.5, 0.6) is 0 Å². The van der Waals surface area contributed by atoms with Crippen LogP contribution in [0.4, 0.5) is 5.69 Å². The Morgan fingerprint density at radius 1 is 1.17 bits per heavy atom. The predicted octanol–water partition coefficient (Wildman–Crippen LogP) is 3.64. The minimum Gasteiger partial charge on any atom is -0.366 e. The monoisotopic (exact) mass is 311 g/mol. The summed E-state index contributed by atoms with van der Waals surface area (Å²) < 4.78 is 0. The van der Waals surface area contributed by atoms with Crippen LogP contribution in [0, 0.1) is 0 Å². The molecule has 0 unspecified atom stereocenters. The van der Waals surface area contributed by atoms with Crippen molar-refractivity contribution in [2.75, 3.05) is 11.4 Å². The highest BCUT2D eigenvalue weighted by atomic mass is 16.1. The lowest BCUT2D eigenvalue weighted by Crippen LogP contribution is -2.40. The molecule has 0 bridgehead atoms. The number of nitrogens with one attached hydrogen (secondary N) is 1. The fourth-order valence-electron chi connectivity index (χ4n) is 2.33. The van der Waals surface area contributed by atoms with E-state index in [1.807, 2.05) is 45.0 Å². The van der Waals surface area contributed by atoms with Gasteiger partial charge in [-0.25, -0.2) is 0 Å². The lowest BCUT2D eigenvalue weighted by Gasteiger charge is -2.24. The second-order valence-corrected chi connectivity index (χ2v) is 6.64. The molecule has 23 heavy (non-hydrogen) atoms. The highest BCUT2D eigenvalue weighted by Gasteiger charge is 2.16. The van der Waals surface area contributed by atoms with Gasteiger partial charge < -0.3 is 10.2 Å². The number of pyridine rings is 1. The Labute approximate surface area is 138 Å². The molecule has 2 rings (SSSR count). The largest absolute Gasteiger partial charge is 0.366 e. The Kier molecular flexibility index (Phi) is 5.37. The standard InChI is InChI=1S/C19H25N3O/c1-5-22(14-15-9-7-6-8-10-15)17-11-16(12-20-13-17)18(23)21-19(2,3)4/h6-13H,5,14H2,1-4H3,(H,21,23). The minimum absolute atomic E-state index is 0.0948. The summed E-state index contributed by atoms with van der Waals surface area (Å²) in [5, 5.41) is 2.97. The summed E-state index contributed by atoms with van der Waals surface area (Å²) in [6, 6.07) is 12.2. The topological polar surface area (TPSA) is 45.2 Å². The highest BCUT2D eigenvalue weighted by Crippen LogP contribution is 2.18. The number of nitrogens with zero attached hydrogens (tertiary/aromatic N) is 2. The number of carbonyl (C=O) groups is 1. The summed E-state index contributed by atoms with van der Waals surface area (Å²) >= 11 is 0. The second kappa shape index (κ2) is 7.27. The summed E-state index contributed by atoms with van der Waals surface area (Å²) in [7, 11) is 0. The minimum atomic E-state index is -0.262. The van der Waals surface area contributed by atoms with Gasteiger partial charge in [-0.15, -0.1) is 0 Å². The van der Waals surface area contributed by atoms with Gasteiger partial charge in [-0.1, -0.05) is 30.3 Å². The number of rotatable bonds is 5. The average molecular weight is 311 g/mol. The maximum Gasteiger partial charge on any atom is 0.253 e. The van der Waals surface area contributed by atoms with Crippen LogP contribution in [-0.4, -0.2) is 23.0 Å². The molecule has 122 valence electrons. The Bertz CT molecular complexity index is 647. The van der Waals surface area contributed by atoms with Crippen LogP contribution in [0.25, 0.3) is 0 Å². The fourth-order valence-corrected chi connectivity index (χ4v) is 2.33. The molecule has 0 saturated heterocycles. The Balaban J connectivity index is 2.18. The van der Waals surface area contributed by atoms with Crippen LogP contribution in [-0.2, 0) is 6.54 Å². The van der Waals surface area contributed by atoms with Crippen LogP contribution in [0.1, 0.15) is 43.6 Å². The molecule has 0 aliphatic heterocycles. The molecule has 1 heterocycles. The van der Waals surface area contributed by atoms with Gasteiger partial charge in [0.2, 0.25) is 0 Å². The van der Waals surface area contributed by atoms with E-state index >= 15 is 0 Å². The zero-order chi connectivity index (χ0) is 16.9. The quantitative estimate of drug-likeness (QED) is 0.917. The van der Waals surface area contributed by atoms with Crippen LogP contribution >= 0.6 is 0 Å². The third-order valence-corrected chi connectivity index (χ3v) is 3.44. The average Bonchev–Trinajstić information content (AvgIpc) is 2.52. The molecule has 1 aromatic heterocycles. The van der Waals surface area contributed by atoms with Gasteiger partial charge in [-0.3, -0.25) is 9.78 Å². The second-order valence-electron chi connectivity index (χ2n) is 6.64. The molecule has 0 aliphatic rings. The van der Waals surface area contributed by atoms with Crippen molar-refractivity contribution in [3.05, 3.63) is 59.9 Å². The summed E-state index contributed by atoms with van der Waals surface area (Å²) in [6.45, 7) is 9.65. The zero-order valence-electron chi connectivity index (χ0n) is 14.3. The predicted molar refractivity (Wildman–Crippen MR) is 94.6 cm³/mol. The van der Waals surface area contributed by atoms with Gasteiger partial charge in [0.05, 0.1) is 17.4 Å². The SMILES string of the molecule is CCN(Cc1ccccc1)c1cncc(C(=O)NC(C)(C)C)c1. The number of hydrogen-bond donors (Lipinski definition) is 1. The van der Waals surface area contributed by atoms with E-state index in [1.165, 1.54) is 5.56 Å². The first-order chi connectivity index (χ1) is 10.9. The zero-order valence-corrected chi connectivity index (χ0v) is 14.3. The van der Waals surface area contributed by atoms with E-state index in [4.69, 9.17) is 0 Å². The number of carbonyl (C=O) groups excluding carboxylic acids is 1. The van der Waals surface area contributed by atoms with Crippen LogP contribution in [0.3, 0.4) is 0 Å². The molecule has 0 aliphatic carbocycles. The van der Waals surface area contributed by atoms with Crippen molar-refractivity contribution in [1.82, 2.24) is 10.3 Å². The van der Waals surface area contributed by atoms with E-state index in [1.54, 1.807) is 12.4 Å². The molecule has 4 nitrogen and oxygen atoms in total. The normalized spacial score (nSPS) is 11.1. The molecule has 0 atom stereocenters. The molecular formula is C19H25N3O. The van der Waals surface area contributed by atoms with Crippen molar-refractivity contribution in [3.63, 3.8) is 0 Å². The van der Waals surface area contributed by atoms with Crippen molar-refractivity contribution in [2.45, 2.75) is 39.8 Å². The van der Waals surface area contributed by atoms with Crippen molar-refractivity contribution >= 4 is 11.6 Å². The number of benzene rings is 1. The summed E-state index contributed by atoms with van der Waals surface area (Å²) in [6.07, 6.45) is 3.42. The van der Waals surface area contributed by atoms with E-state index in [9.17, 15) is 4.79 Å². The number of aromatic nitrogens is 1. The summed E-state index contributed by atoms with van der Waals surface area (Å²) in [5.74, 6) is -0.0948. The van der Waals surface area contributed by atoms with Crippen molar-refractivity contribution in [1.29, 1.82) is 0 Å². The maximum absolute atomic E-state index is 12.3. The lowest BCUT2D eigenvalue weighted by atomic mass is 10.1. The van der Waals surface area contributed by atoms with Crippen molar-refractivity contribution in [2.24, 2.45) is 0 Å². The molecule has 0 spiro atoms.